The van der Waals surface area contributed by atoms with Crippen LogP contribution in [0.5, 0.6) is 0 Å². The highest BCUT2D eigenvalue weighted by Crippen LogP contribution is 2.12. The van der Waals surface area contributed by atoms with E-state index in [4.69, 9.17) is 11.6 Å². The fourth-order valence-corrected chi connectivity index (χ4v) is 2.01. The molecule has 18 heavy (non-hydrogen) atoms. The molecule has 0 radical (unpaired) electrons. The highest BCUT2D eigenvalue weighted by Gasteiger charge is 2.12. The van der Waals surface area contributed by atoms with Crippen molar-refractivity contribution in [2.75, 3.05) is 0 Å². The Morgan fingerprint density at radius 2 is 2.22 bits per heavy atom. The number of pyridine rings is 1. The Hall–Kier alpha value is -1.09. The number of carbonyl (C=O) groups excluding carboxylic acids is 1. The van der Waals surface area contributed by atoms with Crippen LogP contribution >= 0.6 is 11.6 Å². The van der Waals surface area contributed by atoms with Crippen molar-refractivity contribution in [1.29, 1.82) is 0 Å². The first-order valence-electron chi connectivity index (χ1n) is 6.56. The van der Waals surface area contributed by atoms with Crippen LogP contribution in [-0.4, -0.2) is 16.9 Å². The maximum Gasteiger partial charge on any atom is 0.254 e. The van der Waals surface area contributed by atoms with Gasteiger partial charge in [-0.25, -0.2) is 4.98 Å². The lowest BCUT2D eigenvalue weighted by atomic mass is 10.1. The number of aromatic nitrogens is 1. The summed E-state index contributed by atoms with van der Waals surface area (Å²) in [6.45, 7) is 4.21. The number of nitrogens with zero attached hydrogens (tertiary/aromatic N) is 1. The van der Waals surface area contributed by atoms with Crippen molar-refractivity contribution >= 4 is 17.5 Å². The molecule has 1 aromatic rings. The number of hydrogen-bond acceptors (Lipinski definition) is 2. The number of amides is 1. The van der Waals surface area contributed by atoms with Crippen molar-refractivity contribution in [3.8, 4) is 0 Å². The lowest BCUT2D eigenvalue weighted by molar-refractivity contribution is 0.0937. The fraction of sp³-hybridized carbons (Fsp3) is 0.571. The molecule has 1 N–H and O–H groups in total. The van der Waals surface area contributed by atoms with Crippen LogP contribution in [0.15, 0.2) is 18.3 Å². The summed E-state index contributed by atoms with van der Waals surface area (Å²) in [6, 6.07) is 3.58. The van der Waals surface area contributed by atoms with Gasteiger partial charge in [0.25, 0.3) is 5.91 Å². The van der Waals surface area contributed by atoms with Gasteiger partial charge in [-0.05, 0) is 25.5 Å². The molecule has 0 fully saturated rings. The van der Waals surface area contributed by atoms with E-state index >= 15 is 0 Å². The van der Waals surface area contributed by atoms with Crippen LogP contribution < -0.4 is 5.32 Å². The van der Waals surface area contributed by atoms with Gasteiger partial charge in [-0.1, -0.05) is 44.2 Å². The van der Waals surface area contributed by atoms with Crippen molar-refractivity contribution in [2.45, 2.75) is 52.0 Å². The third kappa shape index (κ3) is 5.05. The monoisotopic (exact) mass is 268 g/mol. The van der Waals surface area contributed by atoms with E-state index in [1.807, 2.05) is 6.92 Å². The molecule has 0 saturated carbocycles. The number of hydrogen-bond donors (Lipinski definition) is 1. The molecule has 0 spiro atoms. The third-order valence-electron chi connectivity index (χ3n) is 2.87. The van der Waals surface area contributed by atoms with Gasteiger partial charge in [-0.15, -0.1) is 0 Å². The molecule has 0 aliphatic carbocycles. The van der Waals surface area contributed by atoms with Gasteiger partial charge in [0.15, 0.2) is 0 Å². The molecule has 1 unspecified atom stereocenters. The summed E-state index contributed by atoms with van der Waals surface area (Å²) in [5, 5.41) is 3.21. The lowest BCUT2D eigenvalue weighted by Gasteiger charge is -2.14. The van der Waals surface area contributed by atoms with Gasteiger partial charge in [0.05, 0.1) is 5.56 Å². The predicted molar refractivity (Wildman–Crippen MR) is 74.9 cm³/mol. The van der Waals surface area contributed by atoms with E-state index in [9.17, 15) is 4.79 Å². The van der Waals surface area contributed by atoms with E-state index in [1.165, 1.54) is 19.3 Å². The third-order valence-corrected chi connectivity index (χ3v) is 3.17. The molecular formula is C14H21ClN2O. The second-order valence-corrected chi connectivity index (χ2v) is 4.92. The summed E-state index contributed by atoms with van der Waals surface area (Å²) in [4.78, 5) is 15.8. The normalized spacial score (nSPS) is 12.2. The van der Waals surface area contributed by atoms with Gasteiger partial charge in [0.1, 0.15) is 5.15 Å². The average Bonchev–Trinajstić information content (AvgIpc) is 2.35. The summed E-state index contributed by atoms with van der Waals surface area (Å²) in [6.07, 6.45) is 7.44. The van der Waals surface area contributed by atoms with Gasteiger partial charge in [0, 0.05) is 12.2 Å². The number of halogens is 1. The predicted octanol–water partition coefficient (Wildman–Crippen LogP) is 3.82. The van der Waals surface area contributed by atoms with E-state index in [-0.39, 0.29) is 17.1 Å². The van der Waals surface area contributed by atoms with Crippen molar-refractivity contribution in [1.82, 2.24) is 10.3 Å². The van der Waals surface area contributed by atoms with E-state index in [0.717, 1.165) is 12.8 Å². The van der Waals surface area contributed by atoms with Gasteiger partial charge < -0.3 is 5.32 Å². The molecule has 0 aliphatic heterocycles. The van der Waals surface area contributed by atoms with Crippen molar-refractivity contribution in [3.05, 3.63) is 29.0 Å². The van der Waals surface area contributed by atoms with Gasteiger partial charge in [0.2, 0.25) is 0 Å². The van der Waals surface area contributed by atoms with Crippen molar-refractivity contribution < 1.29 is 4.79 Å². The lowest BCUT2D eigenvalue weighted by Crippen LogP contribution is -2.32. The summed E-state index contributed by atoms with van der Waals surface area (Å²) in [5.41, 5.74) is 0.444. The highest BCUT2D eigenvalue weighted by molar-refractivity contribution is 6.32. The van der Waals surface area contributed by atoms with Crippen LogP contribution in [0.25, 0.3) is 0 Å². The molecule has 0 bridgehead atoms. The quantitative estimate of drug-likeness (QED) is 0.603. The maximum absolute atomic E-state index is 11.9. The van der Waals surface area contributed by atoms with Crippen LogP contribution in [-0.2, 0) is 0 Å². The Bertz CT molecular complexity index is 382. The number of rotatable bonds is 7. The molecule has 0 aliphatic rings. The minimum Gasteiger partial charge on any atom is -0.349 e. The standard InChI is InChI=1S/C14H21ClN2O/c1-3-4-5-6-8-11(2)17-14(18)12-9-7-10-16-13(12)15/h7,9-11H,3-6,8H2,1-2H3,(H,17,18). The Labute approximate surface area is 114 Å². The molecule has 0 aromatic carbocycles. The van der Waals surface area contributed by atoms with E-state index in [1.54, 1.807) is 18.3 Å². The smallest absolute Gasteiger partial charge is 0.254 e. The number of nitrogens with one attached hydrogen (secondary N) is 1. The molecule has 3 nitrogen and oxygen atoms in total. The van der Waals surface area contributed by atoms with E-state index in [0.29, 0.717) is 5.56 Å². The molecule has 1 rings (SSSR count). The Balaban J connectivity index is 2.38. The fourth-order valence-electron chi connectivity index (χ4n) is 1.81. The summed E-state index contributed by atoms with van der Waals surface area (Å²) < 4.78 is 0. The molecule has 1 atom stereocenters. The van der Waals surface area contributed by atoms with Crippen LogP contribution in [0.1, 0.15) is 56.3 Å². The molecule has 4 heteroatoms. The van der Waals surface area contributed by atoms with Gasteiger partial charge in [-0.3, -0.25) is 4.79 Å². The van der Waals surface area contributed by atoms with Gasteiger partial charge in [-0.2, -0.15) is 0 Å². The Kier molecular flexibility index (Phi) is 6.73. The van der Waals surface area contributed by atoms with Crippen LogP contribution in [0.2, 0.25) is 5.15 Å². The van der Waals surface area contributed by atoms with E-state index < -0.39 is 0 Å². The van der Waals surface area contributed by atoms with Crippen LogP contribution in [0, 0.1) is 0 Å². The Morgan fingerprint density at radius 1 is 1.44 bits per heavy atom. The molecule has 1 amide bonds. The number of unbranched alkanes of at least 4 members (excludes halogenated alkanes) is 3. The largest absolute Gasteiger partial charge is 0.349 e. The molecular weight excluding hydrogens is 248 g/mol. The first kappa shape index (κ1) is 15.0. The SMILES string of the molecule is CCCCCCC(C)NC(=O)c1cccnc1Cl. The number of carbonyl (C=O) groups is 1. The molecule has 0 saturated heterocycles. The average molecular weight is 269 g/mol. The summed E-state index contributed by atoms with van der Waals surface area (Å²) in [7, 11) is 0. The highest BCUT2D eigenvalue weighted by atomic mass is 35.5. The first-order valence-corrected chi connectivity index (χ1v) is 6.94. The first-order chi connectivity index (χ1) is 8.65. The minimum atomic E-state index is -0.143. The zero-order valence-corrected chi connectivity index (χ0v) is 11.8. The zero-order valence-electron chi connectivity index (χ0n) is 11.1. The second-order valence-electron chi connectivity index (χ2n) is 4.57. The van der Waals surface area contributed by atoms with Crippen LogP contribution in [0.3, 0.4) is 0 Å². The van der Waals surface area contributed by atoms with Crippen molar-refractivity contribution in [3.63, 3.8) is 0 Å². The summed E-state index contributed by atoms with van der Waals surface area (Å²) in [5.74, 6) is -0.143. The topological polar surface area (TPSA) is 42.0 Å². The second kappa shape index (κ2) is 8.09. The molecule has 100 valence electrons. The minimum absolute atomic E-state index is 0.143. The van der Waals surface area contributed by atoms with Gasteiger partial charge >= 0.3 is 0 Å². The summed E-state index contributed by atoms with van der Waals surface area (Å²) >= 11 is 5.88. The molecule has 1 aromatic heterocycles. The molecule has 1 heterocycles. The Morgan fingerprint density at radius 3 is 2.89 bits per heavy atom. The van der Waals surface area contributed by atoms with E-state index in [2.05, 4.69) is 17.2 Å². The van der Waals surface area contributed by atoms with Crippen LogP contribution in [0.4, 0.5) is 0 Å². The van der Waals surface area contributed by atoms with Crippen molar-refractivity contribution in [2.24, 2.45) is 0 Å². The maximum atomic E-state index is 11.9. The zero-order chi connectivity index (χ0) is 13.4.